The lowest BCUT2D eigenvalue weighted by atomic mass is 9.70. The smallest absolute Gasteiger partial charge is 0.257 e. The monoisotopic (exact) mass is 437 g/mol. The fraction of sp³-hybridized carbons (Fsp3) is 0.423. The summed E-state index contributed by atoms with van der Waals surface area (Å²) in [6, 6.07) is 12.2. The number of carbonyl (C=O) groups excluding carboxylic acids is 1. The summed E-state index contributed by atoms with van der Waals surface area (Å²) in [6.45, 7) is 4.21. The van der Waals surface area contributed by atoms with E-state index in [9.17, 15) is 20.1 Å². The molecular weight excluding hydrogens is 406 g/mol. The molecule has 32 heavy (non-hydrogen) atoms. The van der Waals surface area contributed by atoms with Crippen LogP contribution < -0.4 is 5.32 Å². The Morgan fingerprint density at radius 2 is 1.91 bits per heavy atom. The Bertz CT molecular complexity index is 1040. The fourth-order valence-corrected chi connectivity index (χ4v) is 5.19. The first-order valence-corrected chi connectivity index (χ1v) is 11.0. The number of rotatable bonds is 4. The normalized spacial score (nSPS) is 32.5. The van der Waals surface area contributed by atoms with Crippen LogP contribution in [0, 0.1) is 11.3 Å². The maximum atomic E-state index is 12.7. The Kier molecular flexibility index (Phi) is 5.88. The van der Waals surface area contributed by atoms with Gasteiger partial charge in [-0.2, -0.15) is 0 Å². The van der Waals surface area contributed by atoms with Gasteiger partial charge in [0.05, 0.1) is 17.4 Å². The summed E-state index contributed by atoms with van der Waals surface area (Å²) in [4.78, 5) is 12.7. The standard InChI is InChI=1S/C26H31NO5/c1-16-15-25(2,14-12-20(16)28)13-11-17-9-10-19-21(22(17)29)26(31,18-7-5-4-6-8-18)23(32-3)24(30)27-19/h4-11,13,16,20,23,28-29,31H,12,14-15H2,1-3H3,(H,27,30). The molecule has 0 aromatic heterocycles. The third-order valence-corrected chi connectivity index (χ3v) is 7.04. The van der Waals surface area contributed by atoms with Gasteiger partial charge >= 0.3 is 0 Å². The Hall–Kier alpha value is -2.67. The van der Waals surface area contributed by atoms with Crippen LogP contribution in [0.4, 0.5) is 5.69 Å². The lowest BCUT2D eigenvalue weighted by molar-refractivity contribution is -0.142. The van der Waals surface area contributed by atoms with Gasteiger partial charge in [-0.15, -0.1) is 0 Å². The third-order valence-electron chi connectivity index (χ3n) is 7.04. The average Bonchev–Trinajstić information content (AvgIpc) is 2.77. The molecule has 2 aromatic rings. The van der Waals surface area contributed by atoms with Gasteiger partial charge in [-0.3, -0.25) is 4.79 Å². The number of aliphatic hydroxyl groups excluding tert-OH is 1. The topological polar surface area (TPSA) is 99.0 Å². The number of phenols is 1. The van der Waals surface area contributed by atoms with Gasteiger partial charge in [-0.05, 0) is 48.3 Å². The lowest BCUT2D eigenvalue weighted by Gasteiger charge is -2.40. The second-order valence-electron chi connectivity index (χ2n) is 9.44. The van der Waals surface area contributed by atoms with E-state index in [0.717, 1.165) is 19.3 Å². The minimum Gasteiger partial charge on any atom is -0.507 e. The molecule has 0 bridgehead atoms. The van der Waals surface area contributed by atoms with Crippen molar-refractivity contribution in [1.82, 2.24) is 0 Å². The molecule has 1 saturated carbocycles. The van der Waals surface area contributed by atoms with Crippen molar-refractivity contribution in [2.75, 3.05) is 12.4 Å². The zero-order valence-electron chi connectivity index (χ0n) is 18.7. The molecule has 6 heteroatoms. The van der Waals surface area contributed by atoms with E-state index in [2.05, 4.69) is 25.2 Å². The number of phenolic OH excluding ortho intramolecular Hbond substituents is 1. The zero-order chi connectivity index (χ0) is 23.1. The molecule has 1 amide bonds. The van der Waals surface area contributed by atoms with Crippen LogP contribution >= 0.6 is 0 Å². The molecule has 6 nitrogen and oxygen atoms in total. The van der Waals surface area contributed by atoms with E-state index >= 15 is 0 Å². The summed E-state index contributed by atoms with van der Waals surface area (Å²) in [5, 5.41) is 36.0. The number of aromatic hydroxyl groups is 1. The number of ether oxygens (including phenoxy) is 1. The average molecular weight is 438 g/mol. The zero-order valence-corrected chi connectivity index (χ0v) is 18.7. The van der Waals surface area contributed by atoms with Crippen LogP contribution in [0.3, 0.4) is 0 Å². The molecule has 5 atom stereocenters. The molecule has 0 radical (unpaired) electrons. The molecule has 1 heterocycles. The van der Waals surface area contributed by atoms with E-state index in [-0.39, 0.29) is 28.7 Å². The number of methoxy groups -OCH3 is 1. The number of hydrogen-bond donors (Lipinski definition) is 4. The van der Waals surface area contributed by atoms with Crippen LogP contribution in [0.5, 0.6) is 5.75 Å². The largest absolute Gasteiger partial charge is 0.507 e. The lowest BCUT2D eigenvalue weighted by Crippen LogP contribution is -2.52. The number of carbonyl (C=O) groups is 1. The molecular formula is C26H31NO5. The first kappa shape index (κ1) is 22.5. The number of amides is 1. The van der Waals surface area contributed by atoms with Crippen molar-refractivity contribution in [2.45, 2.75) is 50.9 Å². The van der Waals surface area contributed by atoms with Gasteiger partial charge in [-0.1, -0.05) is 56.3 Å². The maximum Gasteiger partial charge on any atom is 0.257 e. The third kappa shape index (κ3) is 3.72. The summed E-state index contributed by atoms with van der Waals surface area (Å²) in [7, 11) is 1.36. The Labute approximate surface area is 188 Å². The van der Waals surface area contributed by atoms with Crippen LogP contribution in [0.1, 0.15) is 49.8 Å². The molecule has 1 aliphatic carbocycles. The highest BCUT2D eigenvalue weighted by atomic mass is 16.5. The van der Waals surface area contributed by atoms with Crippen LogP contribution in [-0.2, 0) is 15.1 Å². The Morgan fingerprint density at radius 1 is 1.19 bits per heavy atom. The van der Waals surface area contributed by atoms with Gasteiger partial charge in [-0.25, -0.2) is 0 Å². The van der Waals surface area contributed by atoms with E-state index in [1.807, 2.05) is 12.1 Å². The first-order valence-electron chi connectivity index (χ1n) is 11.0. The molecule has 4 rings (SSSR count). The van der Waals surface area contributed by atoms with Gasteiger partial charge in [0.25, 0.3) is 5.91 Å². The molecule has 170 valence electrons. The van der Waals surface area contributed by atoms with Crippen molar-refractivity contribution in [2.24, 2.45) is 11.3 Å². The number of benzene rings is 2. The predicted octanol–water partition coefficient (Wildman–Crippen LogP) is 3.80. The van der Waals surface area contributed by atoms with Gasteiger partial charge < -0.3 is 25.4 Å². The fourth-order valence-electron chi connectivity index (χ4n) is 5.19. The molecule has 0 spiro atoms. The van der Waals surface area contributed by atoms with Gasteiger partial charge in [0.1, 0.15) is 5.75 Å². The van der Waals surface area contributed by atoms with Crippen molar-refractivity contribution in [1.29, 1.82) is 0 Å². The Balaban J connectivity index is 1.79. The van der Waals surface area contributed by atoms with Crippen molar-refractivity contribution in [3.8, 4) is 5.75 Å². The summed E-state index contributed by atoms with van der Waals surface area (Å²) < 4.78 is 5.40. The van der Waals surface area contributed by atoms with Gasteiger partial charge in [0.2, 0.25) is 0 Å². The number of fused-ring (bicyclic) bond motifs is 1. The highest BCUT2D eigenvalue weighted by molar-refractivity contribution is 6.00. The minimum atomic E-state index is -1.85. The van der Waals surface area contributed by atoms with Crippen molar-refractivity contribution >= 4 is 17.7 Å². The van der Waals surface area contributed by atoms with Crippen LogP contribution in [0.15, 0.2) is 48.5 Å². The SMILES string of the molecule is COC1C(=O)Nc2ccc(C=CC3(C)CCC(O)C(C)C3)c(O)c2C1(O)c1ccccc1. The quantitative estimate of drug-likeness (QED) is 0.583. The molecule has 2 aromatic carbocycles. The maximum absolute atomic E-state index is 12.7. The van der Waals surface area contributed by atoms with E-state index < -0.39 is 17.6 Å². The van der Waals surface area contributed by atoms with Crippen molar-refractivity contribution in [3.63, 3.8) is 0 Å². The number of allylic oxidation sites excluding steroid dienone is 1. The second kappa shape index (κ2) is 8.35. The Morgan fingerprint density at radius 3 is 2.56 bits per heavy atom. The molecule has 1 fully saturated rings. The van der Waals surface area contributed by atoms with E-state index in [1.165, 1.54) is 7.11 Å². The minimum absolute atomic E-state index is 0.0972. The molecule has 4 N–H and O–H groups in total. The highest BCUT2D eigenvalue weighted by Gasteiger charge is 2.51. The number of anilines is 1. The molecule has 0 saturated heterocycles. The van der Waals surface area contributed by atoms with Crippen molar-refractivity contribution < 1.29 is 24.9 Å². The van der Waals surface area contributed by atoms with Crippen LogP contribution in [-0.4, -0.2) is 40.5 Å². The predicted molar refractivity (Wildman–Crippen MR) is 123 cm³/mol. The summed E-state index contributed by atoms with van der Waals surface area (Å²) >= 11 is 0. The summed E-state index contributed by atoms with van der Waals surface area (Å²) in [6.07, 6.45) is 4.90. The highest BCUT2D eigenvalue weighted by Crippen LogP contribution is 2.48. The first-order chi connectivity index (χ1) is 15.2. The summed E-state index contributed by atoms with van der Waals surface area (Å²) in [5.41, 5.74) is -0.375. The van der Waals surface area contributed by atoms with Crippen molar-refractivity contribution in [3.05, 3.63) is 65.2 Å². The number of nitrogens with one attached hydrogen (secondary N) is 1. The second-order valence-corrected chi connectivity index (χ2v) is 9.44. The van der Waals surface area contributed by atoms with E-state index in [4.69, 9.17) is 4.74 Å². The van der Waals surface area contributed by atoms with Gasteiger partial charge in [0.15, 0.2) is 11.7 Å². The summed E-state index contributed by atoms with van der Waals surface area (Å²) in [5.74, 6) is -0.368. The number of hydrogen-bond acceptors (Lipinski definition) is 5. The van der Waals surface area contributed by atoms with Gasteiger partial charge in [0, 0.05) is 12.7 Å². The molecule has 2 aliphatic rings. The molecule has 1 aliphatic heterocycles. The van der Waals surface area contributed by atoms with E-state index in [0.29, 0.717) is 16.8 Å². The number of aliphatic hydroxyl groups is 2. The van der Waals surface area contributed by atoms with E-state index in [1.54, 1.807) is 36.4 Å². The van der Waals surface area contributed by atoms with Crippen LogP contribution in [0.2, 0.25) is 0 Å². The van der Waals surface area contributed by atoms with Crippen LogP contribution in [0.25, 0.3) is 6.08 Å². The molecule has 5 unspecified atom stereocenters.